The second kappa shape index (κ2) is 3.84. The highest BCUT2D eigenvalue weighted by atomic mass is 16.2. The van der Waals surface area contributed by atoms with Crippen LogP contribution in [0.15, 0.2) is 17.1 Å². The smallest absolute Gasteiger partial charge is 0.252 e. The maximum atomic E-state index is 11.2. The molecule has 5 nitrogen and oxygen atoms in total. The van der Waals surface area contributed by atoms with Crippen molar-refractivity contribution in [1.29, 1.82) is 0 Å². The fourth-order valence-corrected chi connectivity index (χ4v) is 0.695. The number of rotatable bonds is 2. The van der Waals surface area contributed by atoms with Gasteiger partial charge in [-0.3, -0.25) is 19.9 Å². The van der Waals surface area contributed by atoms with Crippen LogP contribution in [0.25, 0.3) is 0 Å². The summed E-state index contributed by atoms with van der Waals surface area (Å²) in [5, 5.41) is 2.48. The molecule has 1 heterocycles. The molecule has 0 aliphatic rings. The zero-order valence-corrected chi connectivity index (χ0v) is 7.50. The van der Waals surface area contributed by atoms with Gasteiger partial charge in [-0.25, -0.2) is 4.98 Å². The van der Waals surface area contributed by atoms with Gasteiger partial charge in [0.2, 0.25) is 11.9 Å². The van der Waals surface area contributed by atoms with Crippen LogP contribution in [0.3, 0.4) is 0 Å². The number of aromatic nitrogens is 2. The number of carbonyl (C=O) groups excluding carboxylic acids is 1. The Morgan fingerprint density at radius 1 is 1.62 bits per heavy atom. The molecule has 0 radical (unpaired) electrons. The van der Waals surface area contributed by atoms with Crippen LogP contribution in [0.1, 0.15) is 13.8 Å². The van der Waals surface area contributed by atoms with Gasteiger partial charge in [0.15, 0.2) is 0 Å². The number of carbonyl (C=O) groups is 1. The monoisotopic (exact) mass is 181 g/mol. The van der Waals surface area contributed by atoms with E-state index in [9.17, 15) is 9.59 Å². The maximum Gasteiger partial charge on any atom is 0.252 e. The van der Waals surface area contributed by atoms with Gasteiger partial charge in [-0.05, 0) is 0 Å². The zero-order valence-electron chi connectivity index (χ0n) is 7.50. The molecule has 0 aromatic carbocycles. The quantitative estimate of drug-likeness (QED) is 0.691. The first-order valence-corrected chi connectivity index (χ1v) is 3.96. The van der Waals surface area contributed by atoms with Gasteiger partial charge in [0.25, 0.3) is 5.56 Å². The maximum absolute atomic E-state index is 11.2. The molecule has 70 valence electrons. The summed E-state index contributed by atoms with van der Waals surface area (Å²) in [6.07, 6.45) is 1.34. The summed E-state index contributed by atoms with van der Waals surface area (Å²) < 4.78 is 0. The second-order valence-corrected chi connectivity index (χ2v) is 2.93. The van der Waals surface area contributed by atoms with Crippen LogP contribution in [-0.2, 0) is 4.79 Å². The van der Waals surface area contributed by atoms with Crippen molar-refractivity contribution < 1.29 is 4.79 Å². The van der Waals surface area contributed by atoms with Crippen LogP contribution in [0.2, 0.25) is 0 Å². The van der Waals surface area contributed by atoms with Crippen molar-refractivity contribution in [3.05, 3.63) is 22.6 Å². The van der Waals surface area contributed by atoms with Crippen molar-refractivity contribution in [1.82, 2.24) is 9.97 Å². The molecule has 0 aliphatic heterocycles. The third-order valence-corrected chi connectivity index (χ3v) is 1.44. The van der Waals surface area contributed by atoms with Gasteiger partial charge < -0.3 is 0 Å². The van der Waals surface area contributed by atoms with Crippen LogP contribution in [0.4, 0.5) is 5.95 Å². The lowest BCUT2D eigenvalue weighted by atomic mass is 10.2. The van der Waals surface area contributed by atoms with E-state index in [0.29, 0.717) is 0 Å². The van der Waals surface area contributed by atoms with E-state index in [1.54, 1.807) is 13.8 Å². The Morgan fingerprint density at radius 2 is 2.31 bits per heavy atom. The van der Waals surface area contributed by atoms with Gasteiger partial charge in [0, 0.05) is 18.2 Å². The molecule has 0 saturated heterocycles. The Balaban J connectivity index is 2.75. The third-order valence-electron chi connectivity index (χ3n) is 1.44. The molecule has 1 amide bonds. The zero-order chi connectivity index (χ0) is 9.84. The van der Waals surface area contributed by atoms with Crippen molar-refractivity contribution in [2.45, 2.75) is 13.8 Å². The van der Waals surface area contributed by atoms with E-state index >= 15 is 0 Å². The number of nitrogens with one attached hydrogen (secondary N) is 2. The predicted molar refractivity (Wildman–Crippen MR) is 48.3 cm³/mol. The van der Waals surface area contributed by atoms with Crippen LogP contribution >= 0.6 is 0 Å². The minimum Gasteiger partial charge on any atom is -0.296 e. The van der Waals surface area contributed by atoms with Gasteiger partial charge in [-0.15, -0.1) is 0 Å². The van der Waals surface area contributed by atoms with E-state index in [4.69, 9.17) is 0 Å². The van der Waals surface area contributed by atoms with Gasteiger partial charge in [-0.2, -0.15) is 0 Å². The average Bonchev–Trinajstić information content (AvgIpc) is 2.04. The van der Waals surface area contributed by atoms with Gasteiger partial charge in [0.1, 0.15) is 0 Å². The normalized spacial score (nSPS) is 10.1. The van der Waals surface area contributed by atoms with E-state index in [0.717, 1.165) is 0 Å². The third kappa shape index (κ3) is 2.70. The highest BCUT2D eigenvalue weighted by molar-refractivity contribution is 5.90. The Morgan fingerprint density at radius 3 is 2.85 bits per heavy atom. The molecule has 0 unspecified atom stereocenters. The topological polar surface area (TPSA) is 74.8 Å². The van der Waals surface area contributed by atoms with E-state index < -0.39 is 0 Å². The van der Waals surface area contributed by atoms with Crippen molar-refractivity contribution in [2.24, 2.45) is 5.92 Å². The molecule has 1 aromatic rings. The van der Waals surface area contributed by atoms with Crippen molar-refractivity contribution in [2.75, 3.05) is 5.32 Å². The molecule has 0 saturated carbocycles. The lowest BCUT2D eigenvalue weighted by molar-refractivity contribution is -0.118. The molecule has 0 fully saturated rings. The molecule has 2 N–H and O–H groups in total. The standard InChI is InChI=1S/C8H11N3O2/c1-5(2)7(13)11-8-9-4-3-6(12)10-8/h3-5H,1-2H3,(H2,9,10,11,12,13). The first kappa shape index (κ1) is 9.44. The minimum absolute atomic E-state index is 0.134. The Bertz CT molecular complexity index is 356. The molecule has 1 aromatic heterocycles. The molecule has 0 atom stereocenters. The fraction of sp³-hybridized carbons (Fsp3) is 0.375. The summed E-state index contributed by atoms with van der Waals surface area (Å²) in [6.45, 7) is 3.52. The number of nitrogens with zero attached hydrogens (tertiary/aromatic N) is 1. The summed E-state index contributed by atoms with van der Waals surface area (Å²) >= 11 is 0. The fourth-order valence-electron chi connectivity index (χ4n) is 0.695. The lowest BCUT2D eigenvalue weighted by Gasteiger charge is -2.04. The van der Waals surface area contributed by atoms with E-state index in [-0.39, 0.29) is 23.3 Å². The number of aromatic amines is 1. The lowest BCUT2D eigenvalue weighted by Crippen LogP contribution is -2.21. The van der Waals surface area contributed by atoms with Crippen molar-refractivity contribution in [3.63, 3.8) is 0 Å². The molecule has 0 bridgehead atoms. The first-order chi connectivity index (χ1) is 6.09. The second-order valence-electron chi connectivity index (χ2n) is 2.93. The predicted octanol–water partition coefficient (Wildman–Crippen LogP) is 0.364. The average molecular weight is 181 g/mol. The number of hydrogen-bond donors (Lipinski definition) is 2. The summed E-state index contributed by atoms with van der Waals surface area (Å²) in [7, 11) is 0. The molecule has 0 spiro atoms. The minimum atomic E-state index is -0.283. The molecule has 0 aliphatic carbocycles. The molecular weight excluding hydrogens is 170 g/mol. The van der Waals surface area contributed by atoms with E-state index in [1.165, 1.54) is 12.3 Å². The summed E-state index contributed by atoms with van der Waals surface area (Å²) in [5.74, 6) is -0.119. The molecule has 5 heteroatoms. The Hall–Kier alpha value is -1.65. The van der Waals surface area contributed by atoms with E-state index in [2.05, 4.69) is 15.3 Å². The van der Waals surface area contributed by atoms with Crippen molar-refractivity contribution in [3.8, 4) is 0 Å². The largest absolute Gasteiger partial charge is 0.296 e. The molecule has 1 rings (SSSR count). The highest BCUT2D eigenvalue weighted by Crippen LogP contribution is 1.97. The van der Waals surface area contributed by atoms with Crippen LogP contribution < -0.4 is 10.9 Å². The first-order valence-electron chi connectivity index (χ1n) is 3.96. The van der Waals surface area contributed by atoms with Crippen molar-refractivity contribution >= 4 is 11.9 Å². The number of anilines is 1. The van der Waals surface area contributed by atoms with Crippen LogP contribution in [0.5, 0.6) is 0 Å². The van der Waals surface area contributed by atoms with Gasteiger partial charge >= 0.3 is 0 Å². The highest BCUT2D eigenvalue weighted by Gasteiger charge is 2.07. The van der Waals surface area contributed by atoms with Gasteiger partial charge in [-0.1, -0.05) is 13.8 Å². The Labute approximate surface area is 75.2 Å². The molecular formula is C8H11N3O2. The van der Waals surface area contributed by atoms with Crippen LogP contribution in [0, 0.1) is 5.92 Å². The van der Waals surface area contributed by atoms with Crippen LogP contribution in [-0.4, -0.2) is 15.9 Å². The number of hydrogen-bond acceptors (Lipinski definition) is 3. The summed E-state index contributed by atoms with van der Waals surface area (Å²) in [5.41, 5.74) is -0.283. The SMILES string of the molecule is CC(C)C(=O)Nc1nccc(=O)[nH]1. The Kier molecular flexibility index (Phi) is 2.79. The van der Waals surface area contributed by atoms with E-state index in [1.807, 2.05) is 0 Å². The summed E-state index contributed by atoms with van der Waals surface area (Å²) in [4.78, 5) is 28.1. The summed E-state index contributed by atoms with van der Waals surface area (Å²) in [6, 6.07) is 1.28. The number of amides is 1. The van der Waals surface area contributed by atoms with Gasteiger partial charge in [0.05, 0.1) is 0 Å². The number of H-pyrrole nitrogens is 1. The molecule has 13 heavy (non-hydrogen) atoms.